The highest BCUT2D eigenvalue weighted by Gasteiger charge is 2.24. The van der Waals surface area contributed by atoms with E-state index in [0.29, 0.717) is 18.1 Å². The van der Waals surface area contributed by atoms with Gasteiger partial charge in [0.15, 0.2) is 5.78 Å². The number of Topliss-reactive ketones (excluding diaryl/α,β-unsaturated/α-hetero) is 1. The fourth-order valence-electron chi connectivity index (χ4n) is 2.91. The van der Waals surface area contributed by atoms with Gasteiger partial charge in [-0.05, 0) is 18.3 Å². The number of ketones is 1. The molecule has 1 aliphatic rings. The number of carbonyl (C=O) groups excluding carboxylic acids is 1. The van der Waals surface area contributed by atoms with Crippen molar-refractivity contribution in [2.24, 2.45) is 17.8 Å². The summed E-state index contributed by atoms with van der Waals surface area (Å²) in [6, 6.07) is 0. The molecular formula is C16H27NO2. The molecule has 0 amide bonds. The third-order valence-electron chi connectivity index (χ3n) is 4.25. The highest BCUT2D eigenvalue weighted by atomic mass is 16.5. The van der Waals surface area contributed by atoms with Gasteiger partial charge < -0.3 is 10.1 Å². The van der Waals surface area contributed by atoms with E-state index >= 15 is 0 Å². The van der Waals surface area contributed by atoms with E-state index in [0.717, 1.165) is 18.7 Å². The Bertz CT molecular complexity index is 325. The molecule has 0 heterocycles. The molecular weight excluding hydrogens is 238 g/mol. The van der Waals surface area contributed by atoms with Crippen LogP contribution in [0.15, 0.2) is 12.3 Å². The van der Waals surface area contributed by atoms with Crippen molar-refractivity contribution in [1.82, 2.24) is 0 Å². The van der Waals surface area contributed by atoms with Crippen molar-refractivity contribution in [3.63, 3.8) is 0 Å². The van der Waals surface area contributed by atoms with Crippen molar-refractivity contribution in [1.29, 1.82) is 5.41 Å². The molecule has 19 heavy (non-hydrogen) atoms. The lowest BCUT2D eigenvalue weighted by molar-refractivity contribution is -0.115. The van der Waals surface area contributed by atoms with Crippen molar-refractivity contribution in [3.05, 3.63) is 12.3 Å². The first-order chi connectivity index (χ1) is 9.08. The van der Waals surface area contributed by atoms with Crippen molar-refractivity contribution >= 4 is 12.0 Å². The first-order valence-electron chi connectivity index (χ1n) is 7.43. The number of ether oxygens (including phenoxy) is 1. The van der Waals surface area contributed by atoms with Gasteiger partial charge in [0.25, 0.3) is 0 Å². The van der Waals surface area contributed by atoms with Gasteiger partial charge in [0, 0.05) is 12.3 Å². The largest absolute Gasteiger partial charge is 0.498 e. The van der Waals surface area contributed by atoms with Crippen molar-refractivity contribution in [2.75, 3.05) is 6.61 Å². The van der Waals surface area contributed by atoms with E-state index in [1.165, 1.54) is 32.1 Å². The van der Waals surface area contributed by atoms with E-state index in [2.05, 4.69) is 13.5 Å². The van der Waals surface area contributed by atoms with Gasteiger partial charge in [0.2, 0.25) is 0 Å². The minimum absolute atomic E-state index is 0.158. The number of allylic oxidation sites excluding steroid dienone is 1. The maximum absolute atomic E-state index is 11.3. The molecule has 0 aliphatic heterocycles. The number of hydrogen-bond donors (Lipinski definition) is 1. The Morgan fingerprint density at radius 3 is 2.63 bits per heavy atom. The molecule has 1 rings (SSSR count). The van der Waals surface area contributed by atoms with Crippen LogP contribution in [-0.2, 0) is 9.53 Å². The lowest BCUT2D eigenvalue weighted by Gasteiger charge is -2.31. The van der Waals surface area contributed by atoms with Crippen LogP contribution >= 0.6 is 0 Å². The fourth-order valence-corrected chi connectivity index (χ4v) is 2.91. The van der Waals surface area contributed by atoms with E-state index in [9.17, 15) is 4.79 Å². The van der Waals surface area contributed by atoms with Gasteiger partial charge in [-0.25, -0.2) is 0 Å². The molecule has 0 spiro atoms. The first-order valence-corrected chi connectivity index (χ1v) is 7.43. The van der Waals surface area contributed by atoms with Gasteiger partial charge >= 0.3 is 0 Å². The molecule has 0 radical (unpaired) electrons. The molecule has 3 atom stereocenters. The standard InChI is InChI=1S/C16H27NO2/c1-4-14-7-5-6-8-15(14)11-19-13(3)9-12(2)16(18)10-17/h10,12,14-15,17H,3-9,11H2,1-2H3/t12?,14-,15?/m1/s1. The van der Waals surface area contributed by atoms with Crippen molar-refractivity contribution in [2.45, 2.75) is 52.4 Å². The molecule has 0 aromatic carbocycles. The monoisotopic (exact) mass is 265 g/mol. The smallest absolute Gasteiger partial charge is 0.176 e. The Kier molecular flexibility index (Phi) is 6.82. The van der Waals surface area contributed by atoms with E-state index < -0.39 is 0 Å². The predicted molar refractivity (Wildman–Crippen MR) is 78.4 cm³/mol. The topological polar surface area (TPSA) is 50.2 Å². The number of rotatable bonds is 8. The molecule has 0 aromatic rings. The van der Waals surface area contributed by atoms with Crippen LogP contribution in [0.5, 0.6) is 0 Å². The van der Waals surface area contributed by atoms with Crippen molar-refractivity contribution < 1.29 is 9.53 Å². The van der Waals surface area contributed by atoms with Gasteiger partial charge in [-0.3, -0.25) is 4.79 Å². The summed E-state index contributed by atoms with van der Waals surface area (Å²) in [7, 11) is 0. The van der Waals surface area contributed by atoms with Crippen LogP contribution in [0.2, 0.25) is 0 Å². The maximum Gasteiger partial charge on any atom is 0.176 e. The Labute approximate surface area is 116 Å². The molecule has 108 valence electrons. The molecule has 3 nitrogen and oxygen atoms in total. The average molecular weight is 265 g/mol. The van der Waals surface area contributed by atoms with Crippen LogP contribution < -0.4 is 0 Å². The van der Waals surface area contributed by atoms with Gasteiger partial charge in [-0.15, -0.1) is 0 Å². The Balaban J connectivity index is 2.32. The van der Waals surface area contributed by atoms with E-state index in [-0.39, 0.29) is 11.7 Å². The molecule has 1 fully saturated rings. The lowest BCUT2D eigenvalue weighted by atomic mass is 9.78. The normalized spacial score (nSPS) is 24.5. The summed E-state index contributed by atoms with van der Waals surface area (Å²) in [6.45, 7) is 8.71. The summed E-state index contributed by atoms with van der Waals surface area (Å²) in [5, 5.41) is 6.95. The van der Waals surface area contributed by atoms with Gasteiger partial charge in [0.1, 0.15) is 0 Å². The van der Waals surface area contributed by atoms with Crippen molar-refractivity contribution in [3.8, 4) is 0 Å². The molecule has 1 aliphatic carbocycles. The maximum atomic E-state index is 11.3. The second kappa shape index (κ2) is 8.13. The highest BCUT2D eigenvalue weighted by molar-refractivity contribution is 6.27. The Morgan fingerprint density at radius 1 is 1.42 bits per heavy atom. The van der Waals surface area contributed by atoms with E-state index in [1.807, 2.05) is 6.92 Å². The molecule has 1 N–H and O–H groups in total. The van der Waals surface area contributed by atoms with E-state index in [1.54, 1.807) is 0 Å². The average Bonchev–Trinajstić information content (AvgIpc) is 2.44. The minimum Gasteiger partial charge on any atom is -0.498 e. The number of hydrogen-bond acceptors (Lipinski definition) is 3. The molecule has 2 unspecified atom stereocenters. The number of nitrogens with one attached hydrogen (secondary N) is 1. The lowest BCUT2D eigenvalue weighted by Crippen LogP contribution is -2.23. The third kappa shape index (κ3) is 5.17. The van der Waals surface area contributed by atoms with Crippen LogP contribution in [0.4, 0.5) is 0 Å². The zero-order valence-electron chi connectivity index (χ0n) is 12.3. The number of carbonyl (C=O) groups is 1. The van der Waals surface area contributed by atoms with E-state index in [4.69, 9.17) is 10.1 Å². The van der Waals surface area contributed by atoms with Crippen LogP contribution in [0.3, 0.4) is 0 Å². The molecule has 0 bridgehead atoms. The Morgan fingerprint density at radius 2 is 2.05 bits per heavy atom. The third-order valence-corrected chi connectivity index (χ3v) is 4.25. The Hall–Kier alpha value is -1.12. The first kappa shape index (κ1) is 15.9. The molecule has 3 heteroatoms. The summed E-state index contributed by atoms with van der Waals surface area (Å²) >= 11 is 0. The van der Waals surface area contributed by atoms with Crippen LogP contribution in [0.25, 0.3) is 0 Å². The second-order valence-electron chi connectivity index (χ2n) is 5.71. The zero-order valence-corrected chi connectivity index (χ0v) is 12.3. The molecule has 1 saturated carbocycles. The summed E-state index contributed by atoms with van der Waals surface area (Å²) in [5.41, 5.74) is 0. The quantitative estimate of drug-likeness (QED) is 0.533. The fraction of sp³-hybridized carbons (Fsp3) is 0.750. The summed E-state index contributed by atoms with van der Waals surface area (Å²) in [5.74, 6) is 1.75. The minimum atomic E-state index is -0.196. The second-order valence-corrected chi connectivity index (χ2v) is 5.71. The summed E-state index contributed by atoms with van der Waals surface area (Å²) < 4.78 is 5.76. The van der Waals surface area contributed by atoms with Gasteiger partial charge in [-0.2, -0.15) is 0 Å². The summed E-state index contributed by atoms with van der Waals surface area (Å²) in [6.07, 6.45) is 7.86. The molecule has 0 aromatic heterocycles. The molecule has 0 saturated heterocycles. The highest BCUT2D eigenvalue weighted by Crippen LogP contribution is 2.32. The zero-order chi connectivity index (χ0) is 14.3. The summed E-state index contributed by atoms with van der Waals surface area (Å²) in [4.78, 5) is 11.3. The SMILES string of the molecule is C=C(CC(C)C(=O)C=N)OCC1CCCC[C@H]1CC. The van der Waals surface area contributed by atoms with Gasteiger partial charge in [-0.1, -0.05) is 46.1 Å². The van der Waals surface area contributed by atoms with Gasteiger partial charge in [0.05, 0.1) is 18.6 Å². The van der Waals surface area contributed by atoms with Crippen LogP contribution in [0, 0.1) is 23.2 Å². The van der Waals surface area contributed by atoms with Crippen LogP contribution in [0.1, 0.15) is 52.4 Å². The predicted octanol–water partition coefficient (Wildman–Crippen LogP) is 3.98. The van der Waals surface area contributed by atoms with Crippen LogP contribution in [-0.4, -0.2) is 18.6 Å².